The van der Waals surface area contributed by atoms with Crippen molar-refractivity contribution in [2.45, 2.75) is 6.61 Å². The lowest BCUT2D eigenvalue weighted by Gasteiger charge is -1.99. The average molecular weight is 164 g/mol. The summed E-state index contributed by atoms with van der Waals surface area (Å²) in [7, 11) is 0. The SMILES string of the molecule is OCc1ncc2cccc(O)n12. The van der Waals surface area contributed by atoms with Crippen LogP contribution < -0.4 is 0 Å². The average Bonchev–Trinajstić information content (AvgIpc) is 2.49. The molecule has 2 rings (SSSR count). The van der Waals surface area contributed by atoms with Crippen LogP contribution in [0.2, 0.25) is 0 Å². The van der Waals surface area contributed by atoms with Gasteiger partial charge in [0, 0.05) is 0 Å². The lowest BCUT2D eigenvalue weighted by atomic mass is 10.4. The van der Waals surface area contributed by atoms with Crippen molar-refractivity contribution < 1.29 is 10.2 Å². The normalized spacial score (nSPS) is 10.8. The Labute approximate surface area is 68.7 Å². The fourth-order valence-electron chi connectivity index (χ4n) is 1.21. The second kappa shape index (κ2) is 2.49. The Morgan fingerprint density at radius 2 is 2.25 bits per heavy atom. The summed E-state index contributed by atoms with van der Waals surface area (Å²) in [6.45, 7) is -0.175. The summed E-state index contributed by atoms with van der Waals surface area (Å²) >= 11 is 0. The molecule has 0 saturated heterocycles. The minimum atomic E-state index is -0.175. The predicted molar refractivity (Wildman–Crippen MR) is 42.8 cm³/mol. The van der Waals surface area contributed by atoms with Crippen molar-refractivity contribution in [2.24, 2.45) is 0 Å². The number of pyridine rings is 1. The molecule has 0 bridgehead atoms. The van der Waals surface area contributed by atoms with Gasteiger partial charge < -0.3 is 10.2 Å². The van der Waals surface area contributed by atoms with E-state index < -0.39 is 0 Å². The van der Waals surface area contributed by atoms with E-state index in [1.807, 2.05) is 6.07 Å². The van der Waals surface area contributed by atoms with E-state index in [2.05, 4.69) is 4.98 Å². The van der Waals surface area contributed by atoms with Crippen LogP contribution in [0, 0.1) is 0 Å². The molecule has 0 saturated carbocycles. The lowest BCUT2D eigenvalue weighted by Crippen LogP contribution is -1.93. The smallest absolute Gasteiger partial charge is 0.197 e. The molecule has 0 amide bonds. The molecule has 4 nitrogen and oxygen atoms in total. The zero-order valence-corrected chi connectivity index (χ0v) is 6.31. The first kappa shape index (κ1) is 7.12. The molecular formula is C8H8N2O2. The third kappa shape index (κ3) is 0.853. The first-order chi connectivity index (χ1) is 5.83. The molecule has 0 atom stereocenters. The van der Waals surface area contributed by atoms with E-state index in [9.17, 15) is 5.11 Å². The third-order valence-corrected chi connectivity index (χ3v) is 1.74. The maximum absolute atomic E-state index is 9.38. The minimum absolute atomic E-state index is 0.0917. The fourth-order valence-corrected chi connectivity index (χ4v) is 1.21. The van der Waals surface area contributed by atoms with Gasteiger partial charge in [-0.05, 0) is 12.1 Å². The molecule has 0 aliphatic heterocycles. The maximum Gasteiger partial charge on any atom is 0.197 e. The summed E-state index contributed by atoms with van der Waals surface area (Å²) in [5, 5.41) is 18.2. The number of rotatable bonds is 1. The number of hydrogen-bond donors (Lipinski definition) is 2. The van der Waals surface area contributed by atoms with Crippen molar-refractivity contribution in [1.82, 2.24) is 9.38 Å². The summed E-state index contributed by atoms with van der Waals surface area (Å²) in [5.41, 5.74) is 0.777. The molecule has 4 heteroatoms. The van der Waals surface area contributed by atoms with Gasteiger partial charge in [0.2, 0.25) is 0 Å². The van der Waals surface area contributed by atoms with E-state index in [0.717, 1.165) is 5.52 Å². The van der Waals surface area contributed by atoms with Crippen molar-refractivity contribution >= 4 is 5.52 Å². The van der Waals surface area contributed by atoms with Crippen LogP contribution in [0.5, 0.6) is 5.88 Å². The van der Waals surface area contributed by atoms with Crippen LogP contribution >= 0.6 is 0 Å². The molecule has 2 N–H and O–H groups in total. The van der Waals surface area contributed by atoms with Gasteiger partial charge in [-0.25, -0.2) is 4.98 Å². The molecule has 0 aliphatic rings. The summed E-state index contributed by atoms with van der Waals surface area (Å²) < 4.78 is 1.50. The van der Waals surface area contributed by atoms with Gasteiger partial charge in [-0.1, -0.05) is 6.07 Å². The molecule has 2 aromatic rings. The number of aliphatic hydroxyl groups excluding tert-OH is 1. The Morgan fingerprint density at radius 3 is 3.00 bits per heavy atom. The largest absolute Gasteiger partial charge is 0.494 e. The lowest BCUT2D eigenvalue weighted by molar-refractivity contribution is 0.268. The standard InChI is InChI=1S/C8H8N2O2/c11-5-7-9-4-6-2-1-3-8(12)10(6)7/h1-4,11-12H,5H2. The summed E-state index contributed by atoms with van der Waals surface area (Å²) in [4.78, 5) is 3.93. The Morgan fingerprint density at radius 1 is 1.42 bits per heavy atom. The molecular weight excluding hydrogens is 156 g/mol. The van der Waals surface area contributed by atoms with E-state index >= 15 is 0 Å². The van der Waals surface area contributed by atoms with Crippen LogP contribution in [0.1, 0.15) is 5.82 Å². The van der Waals surface area contributed by atoms with Crippen LogP contribution in [-0.2, 0) is 6.61 Å². The Balaban J connectivity index is 2.83. The van der Waals surface area contributed by atoms with E-state index in [1.165, 1.54) is 4.40 Å². The van der Waals surface area contributed by atoms with Gasteiger partial charge in [0.1, 0.15) is 12.4 Å². The molecule has 0 spiro atoms. The quantitative estimate of drug-likeness (QED) is 0.646. The highest BCUT2D eigenvalue weighted by Gasteiger charge is 2.04. The van der Waals surface area contributed by atoms with E-state index in [4.69, 9.17) is 5.11 Å². The van der Waals surface area contributed by atoms with E-state index in [0.29, 0.717) is 5.82 Å². The second-order valence-corrected chi connectivity index (χ2v) is 2.48. The number of imidazole rings is 1. The molecule has 0 fully saturated rings. The van der Waals surface area contributed by atoms with Gasteiger partial charge in [0.15, 0.2) is 5.88 Å². The highest BCUT2D eigenvalue weighted by Crippen LogP contribution is 2.15. The van der Waals surface area contributed by atoms with Crippen molar-refractivity contribution in [2.75, 3.05) is 0 Å². The van der Waals surface area contributed by atoms with Gasteiger partial charge in [0.25, 0.3) is 0 Å². The minimum Gasteiger partial charge on any atom is -0.494 e. The van der Waals surface area contributed by atoms with E-state index in [1.54, 1.807) is 18.3 Å². The first-order valence-electron chi connectivity index (χ1n) is 3.58. The van der Waals surface area contributed by atoms with Gasteiger partial charge in [-0.3, -0.25) is 4.40 Å². The monoisotopic (exact) mass is 164 g/mol. The number of nitrogens with zero attached hydrogens (tertiary/aromatic N) is 2. The van der Waals surface area contributed by atoms with Crippen LogP contribution in [0.4, 0.5) is 0 Å². The number of aromatic nitrogens is 2. The first-order valence-corrected chi connectivity index (χ1v) is 3.58. The van der Waals surface area contributed by atoms with Crippen molar-refractivity contribution in [3.05, 3.63) is 30.2 Å². The van der Waals surface area contributed by atoms with Gasteiger partial charge in [0.05, 0.1) is 11.7 Å². The van der Waals surface area contributed by atoms with Crippen molar-refractivity contribution in [3.63, 3.8) is 0 Å². The highest BCUT2D eigenvalue weighted by molar-refractivity contribution is 5.48. The fraction of sp³-hybridized carbons (Fsp3) is 0.125. The van der Waals surface area contributed by atoms with Crippen molar-refractivity contribution in [1.29, 1.82) is 0 Å². The second-order valence-electron chi connectivity index (χ2n) is 2.48. The highest BCUT2D eigenvalue weighted by atomic mass is 16.3. The van der Waals surface area contributed by atoms with Crippen LogP contribution in [0.15, 0.2) is 24.4 Å². The Hall–Kier alpha value is -1.55. The molecule has 2 heterocycles. The molecule has 0 unspecified atom stereocenters. The molecule has 12 heavy (non-hydrogen) atoms. The Bertz CT molecular complexity index is 408. The third-order valence-electron chi connectivity index (χ3n) is 1.74. The summed E-state index contributed by atoms with van der Waals surface area (Å²) in [6, 6.07) is 5.09. The van der Waals surface area contributed by atoms with Gasteiger partial charge in [-0.15, -0.1) is 0 Å². The van der Waals surface area contributed by atoms with Gasteiger partial charge in [-0.2, -0.15) is 0 Å². The van der Waals surface area contributed by atoms with Crippen LogP contribution in [0.25, 0.3) is 5.52 Å². The Kier molecular flexibility index (Phi) is 1.48. The topological polar surface area (TPSA) is 57.8 Å². The van der Waals surface area contributed by atoms with E-state index in [-0.39, 0.29) is 12.5 Å². The predicted octanol–water partition coefficient (Wildman–Crippen LogP) is 0.532. The van der Waals surface area contributed by atoms with Crippen molar-refractivity contribution in [3.8, 4) is 5.88 Å². The summed E-state index contributed by atoms with van der Waals surface area (Å²) in [6.07, 6.45) is 1.60. The summed E-state index contributed by atoms with van der Waals surface area (Å²) in [5.74, 6) is 0.539. The molecule has 2 aromatic heterocycles. The van der Waals surface area contributed by atoms with Crippen LogP contribution in [0.3, 0.4) is 0 Å². The number of aliphatic hydroxyl groups is 1. The number of fused-ring (bicyclic) bond motifs is 1. The zero-order chi connectivity index (χ0) is 8.55. The maximum atomic E-state index is 9.38. The number of aromatic hydroxyl groups is 1. The molecule has 0 aliphatic carbocycles. The molecule has 62 valence electrons. The van der Waals surface area contributed by atoms with Crippen LogP contribution in [-0.4, -0.2) is 19.6 Å². The number of hydrogen-bond acceptors (Lipinski definition) is 3. The molecule has 0 radical (unpaired) electrons. The zero-order valence-electron chi connectivity index (χ0n) is 6.31. The van der Waals surface area contributed by atoms with Gasteiger partial charge >= 0.3 is 0 Å². The molecule has 0 aromatic carbocycles.